The Bertz CT molecular complexity index is 1160. The summed E-state index contributed by atoms with van der Waals surface area (Å²) in [5, 5.41) is 5.60. The Morgan fingerprint density at radius 1 is 1.16 bits per heavy atom. The lowest BCUT2D eigenvalue weighted by Gasteiger charge is -2.22. The van der Waals surface area contributed by atoms with Crippen LogP contribution in [0.15, 0.2) is 47.6 Å². The van der Waals surface area contributed by atoms with Gasteiger partial charge in [0.2, 0.25) is 0 Å². The van der Waals surface area contributed by atoms with Gasteiger partial charge >= 0.3 is 11.4 Å². The van der Waals surface area contributed by atoms with E-state index in [1.807, 2.05) is 18.2 Å². The molecule has 0 aliphatic carbocycles. The Morgan fingerprint density at radius 3 is 2.65 bits per heavy atom. The Hall–Kier alpha value is -2.56. The number of carbonyl (C=O) groups excluding carboxylic acids is 1. The number of rotatable bonds is 4. The van der Waals surface area contributed by atoms with Crippen molar-refractivity contribution >= 4 is 46.2 Å². The molecule has 3 aromatic rings. The maximum Gasteiger partial charge on any atom is 0.416 e. The lowest BCUT2D eigenvalue weighted by atomic mass is 10.1. The number of aryl methyl sites for hydroxylation is 1. The van der Waals surface area contributed by atoms with Gasteiger partial charge in [0.25, 0.3) is 0 Å². The zero-order valence-electron chi connectivity index (χ0n) is 16.4. The number of aromatic nitrogens is 2. The van der Waals surface area contributed by atoms with Crippen LogP contribution in [0, 0.1) is 0 Å². The molecular weight excluding hydrogens is 451 g/mol. The quantitative estimate of drug-likeness (QED) is 0.609. The Kier molecular flexibility index (Phi) is 6.63. The van der Waals surface area contributed by atoms with Crippen molar-refractivity contribution in [2.45, 2.75) is 6.18 Å². The molecule has 0 saturated carbocycles. The molecule has 0 fully saturated rings. The summed E-state index contributed by atoms with van der Waals surface area (Å²) in [4.78, 5) is 16.5. The largest absolute Gasteiger partial charge is 0.416 e. The first-order chi connectivity index (χ1) is 14.3. The molecule has 1 aliphatic heterocycles. The predicted molar refractivity (Wildman–Crippen MR) is 119 cm³/mol. The van der Waals surface area contributed by atoms with E-state index >= 15 is 0 Å². The van der Waals surface area contributed by atoms with E-state index in [1.54, 1.807) is 17.7 Å². The summed E-state index contributed by atoms with van der Waals surface area (Å²) < 4.78 is 41.0. The van der Waals surface area contributed by atoms with Gasteiger partial charge in [0.15, 0.2) is 0 Å². The molecule has 0 radical (unpaired) electrons. The normalized spacial score (nSPS) is 14.5. The van der Waals surface area contributed by atoms with E-state index in [-0.39, 0.29) is 17.6 Å². The Labute approximate surface area is 186 Å². The van der Waals surface area contributed by atoms with E-state index in [4.69, 9.17) is 5.73 Å². The number of amides is 1. The summed E-state index contributed by atoms with van der Waals surface area (Å²) in [6.45, 7) is 0.642. The van der Waals surface area contributed by atoms with Gasteiger partial charge in [0.05, 0.1) is 28.9 Å². The summed E-state index contributed by atoms with van der Waals surface area (Å²) in [5.74, 6) is 0.867. The topological polar surface area (TPSA) is 76.5 Å². The van der Waals surface area contributed by atoms with Crippen molar-refractivity contribution < 1.29 is 18.0 Å². The van der Waals surface area contributed by atoms with Gasteiger partial charge < -0.3 is 10.3 Å². The fraction of sp³-hybridized carbons (Fsp3) is 0.250. The maximum atomic E-state index is 13.1. The van der Waals surface area contributed by atoms with E-state index in [0.29, 0.717) is 35.7 Å². The third kappa shape index (κ3) is 4.56. The lowest BCUT2D eigenvalue weighted by molar-refractivity contribution is -0.137. The Balaban J connectivity index is 0.00000272. The molecule has 0 spiro atoms. The summed E-state index contributed by atoms with van der Waals surface area (Å²) in [6, 6.07) is 10.7. The number of thioether (sulfide) groups is 1. The zero-order valence-corrected chi connectivity index (χ0v) is 18.0. The second kappa shape index (κ2) is 8.89. The van der Waals surface area contributed by atoms with Gasteiger partial charge in [-0.05, 0) is 24.3 Å². The number of halogens is 4. The molecule has 1 amide bonds. The van der Waals surface area contributed by atoms with Crippen molar-refractivity contribution in [2.75, 3.05) is 18.8 Å². The standard InChI is InChI=1S/C20H18F3N5OS.ClH/c1-27-17-6-5-12(16-11-30-19(29)28(26-16)8-7-24)10-15(17)25-18(27)13-3-2-4-14(9-13)20(21,22)23;/h2-6,9-10H,7-8,11,24H2,1H3;1H. The number of benzene rings is 2. The number of hydrogen-bond donors (Lipinski definition) is 1. The smallest absolute Gasteiger partial charge is 0.329 e. The molecule has 11 heteroatoms. The number of hydrogen-bond acceptors (Lipinski definition) is 5. The molecule has 0 bridgehead atoms. The number of nitrogens with two attached hydrogens (primary N) is 1. The van der Waals surface area contributed by atoms with Crippen molar-refractivity contribution in [3.63, 3.8) is 0 Å². The summed E-state index contributed by atoms with van der Waals surface area (Å²) in [7, 11) is 1.76. The molecule has 1 aromatic heterocycles. The first-order valence-corrected chi connectivity index (χ1v) is 10.1. The van der Waals surface area contributed by atoms with Crippen molar-refractivity contribution in [3.8, 4) is 11.4 Å². The average molecular weight is 470 g/mol. The van der Waals surface area contributed by atoms with Crippen LogP contribution in [0.1, 0.15) is 11.1 Å². The summed E-state index contributed by atoms with van der Waals surface area (Å²) in [6.07, 6.45) is -4.42. The molecule has 0 unspecified atom stereocenters. The second-order valence-electron chi connectivity index (χ2n) is 6.79. The van der Waals surface area contributed by atoms with Crippen LogP contribution in [0.3, 0.4) is 0 Å². The number of nitrogens with zero attached hydrogens (tertiary/aromatic N) is 4. The zero-order chi connectivity index (χ0) is 21.5. The monoisotopic (exact) mass is 469 g/mol. The van der Waals surface area contributed by atoms with Crippen molar-refractivity contribution in [1.29, 1.82) is 0 Å². The highest BCUT2D eigenvalue weighted by Crippen LogP contribution is 2.33. The van der Waals surface area contributed by atoms with Gasteiger partial charge in [0.1, 0.15) is 5.82 Å². The predicted octanol–water partition coefficient (Wildman–Crippen LogP) is 4.51. The molecule has 6 nitrogen and oxygen atoms in total. The third-order valence-corrected chi connectivity index (χ3v) is 5.66. The first kappa shape index (κ1) is 23.1. The molecular formula is C20H19ClF3N5OS. The number of imidazole rings is 1. The van der Waals surface area contributed by atoms with Crippen LogP contribution in [-0.2, 0) is 13.2 Å². The number of hydrazone groups is 1. The SMILES string of the molecule is Cl.Cn1c(-c2cccc(C(F)(F)F)c2)nc2cc(C3=NN(CCN)C(=O)SC3)ccc21. The first-order valence-electron chi connectivity index (χ1n) is 9.14. The van der Waals surface area contributed by atoms with Gasteiger partial charge in [-0.1, -0.05) is 30.0 Å². The minimum Gasteiger partial charge on any atom is -0.329 e. The number of carbonyl (C=O) groups is 1. The molecule has 4 rings (SSSR count). The van der Waals surface area contributed by atoms with E-state index in [2.05, 4.69) is 10.1 Å². The van der Waals surface area contributed by atoms with Crippen molar-refractivity contribution in [1.82, 2.24) is 14.6 Å². The molecule has 0 atom stereocenters. The molecule has 1 aliphatic rings. The summed E-state index contributed by atoms with van der Waals surface area (Å²) >= 11 is 1.15. The molecule has 2 N–H and O–H groups in total. The molecule has 0 saturated heterocycles. The van der Waals surface area contributed by atoms with Gasteiger partial charge in [-0.2, -0.15) is 18.3 Å². The highest BCUT2D eigenvalue weighted by molar-refractivity contribution is 8.14. The Morgan fingerprint density at radius 2 is 1.94 bits per heavy atom. The van der Waals surface area contributed by atoms with E-state index in [1.165, 1.54) is 11.1 Å². The van der Waals surface area contributed by atoms with Gasteiger partial charge in [-0.15, -0.1) is 12.4 Å². The van der Waals surface area contributed by atoms with Gasteiger partial charge in [0, 0.05) is 30.5 Å². The molecule has 2 heterocycles. The van der Waals surface area contributed by atoms with Crippen LogP contribution in [0.2, 0.25) is 0 Å². The maximum absolute atomic E-state index is 13.1. The van der Waals surface area contributed by atoms with Crippen molar-refractivity contribution in [3.05, 3.63) is 53.6 Å². The van der Waals surface area contributed by atoms with E-state index in [9.17, 15) is 18.0 Å². The van der Waals surface area contributed by atoms with Gasteiger partial charge in [-0.3, -0.25) is 4.79 Å². The fourth-order valence-corrected chi connectivity index (χ4v) is 4.06. The number of alkyl halides is 3. The molecule has 164 valence electrons. The third-order valence-electron chi connectivity index (χ3n) is 4.79. The van der Waals surface area contributed by atoms with Crippen molar-refractivity contribution in [2.24, 2.45) is 17.9 Å². The van der Waals surface area contributed by atoms with E-state index in [0.717, 1.165) is 40.7 Å². The van der Waals surface area contributed by atoms with Crippen LogP contribution in [0.25, 0.3) is 22.4 Å². The minimum absolute atomic E-state index is 0. The van der Waals surface area contributed by atoms with Crippen LogP contribution in [0.5, 0.6) is 0 Å². The van der Waals surface area contributed by atoms with Crippen LogP contribution < -0.4 is 5.73 Å². The summed E-state index contributed by atoms with van der Waals surface area (Å²) in [5.41, 5.74) is 8.15. The van der Waals surface area contributed by atoms with Gasteiger partial charge in [-0.25, -0.2) is 9.99 Å². The lowest BCUT2D eigenvalue weighted by Crippen LogP contribution is -2.33. The fourth-order valence-electron chi connectivity index (χ4n) is 3.30. The van der Waals surface area contributed by atoms with Crippen LogP contribution in [0.4, 0.5) is 18.0 Å². The molecule has 2 aromatic carbocycles. The highest BCUT2D eigenvalue weighted by Gasteiger charge is 2.31. The highest BCUT2D eigenvalue weighted by atomic mass is 35.5. The second-order valence-corrected chi connectivity index (χ2v) is 7.72. The van der Waals surface area contributed by atoms with Crippen LogP contribution >= 0.6 is 24.2 Å². The number of fused-ring (bicyclic) bond motifs is 1. The average Bonchev–Trinajstić information content (AvgIpc) is 3.05. The van der Waals surface area contributed by atoms with Crippen LogP contribution in [-0.4, -0.2) is 44.4 Å². The molecule has 31 heavy (non-hydrogen) atoms. The van der Waals surface area contributed by atoms with E-state index < -0.39 is 11.7 Å². The minimum atomic E-state index is -4.42.